The van der Waals surface area contributed by atoms with Crippen molar-refractivity contribution in [3.8, 4) is 0 Å². The fourth-order valence-corrected chi connectivity index (χ4v) is 3.51. The Morgan fingerprint density at radius 3 is 3.00 bits per heavy atom. The van der Waals surface area contributed by atoms with Gasteiger partial charge in [-0.05, 0) is 37.1 Å². The molecule has 0 unspecified atom stereocenters. The highest BCUT2D eigenvalue weighted by Gasteiger charge is 2.28. The summed E-state index contributed by atoms with van der Waals surface area (Å²) in [6.07, 6.45) is 7.38. The number of hydrogen-bond acceptors (Lipinski definition) is 5. The van der Waals surface area contributed by atoms with Crippen LogP contribution in [-0.4, -0.2) is 55.2 Å². The second-order valence-corrected chi connectivity index (χ2v) is 6.79. The summed E-state index contributed by atoms with van der Waals surface area (Å²) in [5, 5.41) is 17.7. The van der Waals surface area contributed by atoms with Crippen LogP contribution < -0.4 is 0 Å². The number of nitrogens with zero attached hydrogens (tertiary/aromatic N) is 5. The number of hydrogen-bond donors (Lipinski definition) is 1. The van der Waals surface area contributed by atoms with Crippen LogP contribution in [0.4, 0.5) is 0 Å². The fourth-order valence-electron chi connectivity index (χ4n) is 3.51. The van der Waals surface area contributed by atoms with E-state index in [1.807, 2.05) is 35.5 Å². The van der Waals surface area contributed by atoms with Crippen LogP contribution in [0.15, 0.2) is 47.3 Å². The number of aliphatic hydroxyl groups excluding tert-OH is 1. The van der Waals surface area contributed by atoms with Crippen LogP contribution >= 0.6 is 0 Å². The van der Waals surface area contributed by atoms with Gasteiger partial charge in [0.15, 0.2) is 5.76 Å². The van der Waals surface area contributed by atoms with Gasteiger partial charge < -0.3 is 14.4 Å². The molecule has 1 saturated heterocycles. The van der Waals surface area contributed by atoms with Gasteiger partial charge in [0, 0.05) is 37.6 Å². The Bertz CT molecular complexity index is 883. The minimum atomic E-state index is -0.0822. The zero-order chi connectivity index (χ0) is 18.6. The molecule has 1 N–H and O–H groups in total. The number of furan rings is 1. The minimum absolute atomic E-state index is 0.0652. The Labute approximate surface area is 157 Å². The van der Waals surface area contributed by atoms with E-state index in [1.165, 1.54) is 0 Å². The molecule has 8 heteroatoms. The summed E-state index contributed by atoms with van der Waals surface area (Å²) in [4.78, 5) is 14.7. The van der Waals surface area contributed by atoms with Crippen molar-refractivity contribution in [2.45, 2.75) is 31.8 Å². The zero-order valence-electron chi connectivity index (χ0n) is 15.1. The highest BCUT2D eigenvalue weighted by atomic mass is 16.4. The quantitative estimate of drug-likeness (QED) is 0.715. The van der Waals surface area contributed by atoms with Crippen LogP contribution in [0.25, 0.3) is 0 Å². The average Bonchev–Trinajstić information content (AvgIpc) is 3.44. The second kappa shape index (κ2) is 7.79. The van der Waals surface area contributed by atoms with Crippen LogP contribution in [0.5, 0.6) is 0 Å². The molecule has 0 radical (unpaired) electrons. The molecule has 8 nitrogen and oxygen atoms in total. The summed E-state index contributed by atoms with van der Waals surface area (Å²) in [7, 11) is 0. The first-order valence-corrected chi connectivity index (χ1v) is 9.22. The number of rotatable bonds is 6. The Morgan fingerprint density at radius 2 is 2.19 bits per heavy atom. The smallest absolute Gasteiger partial charge is 0.289 e. The van der Waals surface area contributed by atoms with E-state index in [9.17, 15) is 4.79 Å². The van der Waals surface area contributed by atoms with Gasteiger partial charge in [0.25, 0.3) is 5.91 Å². The van der Waals surface area contributed by atoms with E-state index < -0.39 is 0 Å². The highest BCUT2D eigenvalue weighted by molar-refractivity contribution is 5.91. The Morgan fingerprint density at radius 1 is 1.26 bits per heavy atom. The molecule has 1 atom stereocenters. The standard InChI is InChI=1S/C19H23N5O3/c25-12-11-23-10-6-17(21-23)15-3-1-8-22(13-15)19(26)18-5-4-16(27-18)14-24-9-2-7-20-24/h2,4-7,9-10,15,25H,1,3,8,11-14H2/t15-/m1/s1. The summed E-state index contributed by atoms with van der Waals surface area (Å²) in [6, 6.07) is 7.39. The third-order valence-corrected chi connectivity index (χ3v) is 4.87. The van der Waals surface area contributed by atoms with Gasteiger partial charge in [-0.2, -0.15) is 10.2 Å². The summed E-state index contributed by atoms with van der Waals surface area (Å²) in [6.45, 7) is 2.41. The molecule has 1 fully saturated rings. The summed E-state index contributed by atoms with van der Waals surface area (Å²) in [5.74, 6) is 1.20. The van der Waals surface area contributed by atoms with Gasteiger partial charge >= 0.3 is 0 Å². The molecule has 0 bridgehead atoms. The first-order chi connectivity index (χ1) is 13.2. The molecule has 142 valence electrons. The van der Waals surface area contributed by atoms with E-state index in [4.69, 9.17) is 9.52 Å². The monoisotopic (exact) mass is 369 g/mol. The molecular formula is C19H23N5O3. The molecule has 27 heavy (non-hydrogen) atoms. The average molecular weight is 369 g/mol. The van der Waals surface area contributed by atoms with Crippen molar-refractivity contribution in [3.05, 3.63) is 60.1 Å². The highest BCUT2D eigenvalue weighted by Crippen LogP contribution is 2.27. The minimum Gasteiger partial charge on any atom is -0.454 e. The lowest BCUT2D eigenvalue weighted by atomic mass is 9.95. The number of carbonyl (C=O) groups is 1. The van der Waals surface area contributed by atoms with Crippen molar-refractivity contribution in [1.82, 2.24) is 24.5 Å². The third-order valence-electron chi connectivity index (χ3n) is 4.87. The summed E-state index contributed by atoms with van der Waals surface area (Å²) < 4.78 is 9.25. The van der Waals surface area contributed by atoms with Crippen LogP contribution in [-0.2, 0) is 13.1 Å². The predicted octanol–water partition coefficient (Wildman–Crippen LogP) is 1.73. The topological polar surface area (TPSA) is 89.3 Å². The molecule has 0 aromatic carbocycles. The lowest BCUT2D eigenvalue weighted by molar-refractivity contribution is 0.0671. The van der Waals surface area contributed by atoms with Crippen LogP contribution in [0, 0.1) is 0 Å². The predicted molar refractivity (Wildman–Crippen MR) is 97.2 cm³/mol. The van der Waals surface area contributed by atoms with Crippen LogP contribution in [0.2, 0.25) is 0 Å². The molecule has 3 aromatic heterocycles. The fraction of sp³-hybridized carbons (Fsp3) is 0.421. The first-order valence-electron chi connectivity index (χ1n) is 9.22. The Kier molecular flexibility index (Phi) is 5.06. The number of amides is 1. The normalized spacial score (nSPS) is 17.4. The van der Waals surface area contributed by atoms with E-state index in [0.29, 0.717) is 31.2 Å². The van der Waals surface area contributed by atoms with E-state index in [-0.39, 0.29) is 18.4 Å². The van der Waals surface area contributed by atoms with Gasteiger partial charge in [-0.1, -0.05) is 0 Å². The van der Waals surface area contributed by atoms with Crippen LogP contribution in [0.3, 0.4) is 0 Å². The molecule has 0 aliphatic carbocycles. The van der Waals surface area contributed by atoms with Crippen molar-refractivity contribution in [2.24, 2.45) is 0 Å². The lowest BCUT2D eigenvalue weighted by Crippen LogP contribution is -2.39. The molecule has 0 saturated carbocycles. The maximum absolute atomic E-state index is 12.9. The van der Waals surface area contributed by atoms with Gasteiger partial charge in [-0.15, -0.1) is 0 Å². The third kappa shape index (κ3) is 3.95. The first kappa shape index (κ1) is 17.5. The van der Waals surface area contributed by atoms with Crippen molar-refractivity contribution < 1.29 is 14.3 Å². The van der Waals surface area contributed by atoms with Crippen LogP contribution in [0.1, 0.15) is 40.8 Å². The van der Waals surface area contributed by atoms with Gasteiger partial charge in [-0.3, -0.25) is 14.2 Å². The molecule has 4 rings (SSSR count). The molecule has 0 spiro atoms. The number of carbonyl (C=O) groups excluding carboxylic acids is 1. The molecule has 4 heterocycles. The van der Waals surface area contributed by atoms with E-state index in [1.54, 1.807) is 21.6 Å². The summed E-state index contributed by atoms with van der Waals surface area (Å²) in [5.41, 5.74) is 0.972. The largest absolute Gasteiger partial charge is 0.454 e. The summed E-state index contributed by atoms with van der Waals surface area (Å²) >= 11 is 0. The second-order valence-electron chi connectivity index (χ2n) is 6.79. The molecular weight excluding hydrogens is 346 g/mol. The van der Waals surface area contributed by atoms with Crippen molar-refractivity contribution in [2.75, 3.05) is 19.7 Å². The molecule has 3 aromatic rings. The molecule has 1 amide bonds. The molecule has 1 aliphatic heterocycles. The van der Waals surface area contributed by atoms with Gasteiger partial charge in [0.1, 0.15) is 5.76 Å². The van der Waals surface area contributed by atoms with E-state index >= 15 is 0 Å². The van der Waals surface area contributed by atoms with Gasteiger partial charge in [-0.25, -0.2) is 0 Å². The number of piperidine rings is 1. The Balaban J connectivity index is 1.41. The van der Waals surface area contributed by atoms with Gasteiger partial charge in [0.05, 0.1) is 25.4 Å². The SMILES string of the molecule is O=C(c1ccc(Cn2cccn2)o1)N1CCC[C@@H](c2ccn(CCO)n2)C1. The Hall–Kier alpha value is -2.87. The number of aromatic nitrogens is 4. The number of aliphatic hydroxyl groups is 1. The maximum atomic E-state index is 12.9. The van der Waals surface area contributed by atoms with Gasteiger partial charge in [0.2, 0.25) is 0 Å². The van der Waals surface area contributed by atoms with Crippen molar-refractivity contribution >= 4 is 5.91 Å². The molecule has 1 aliphatic rings. The van der Waals surface area contributed by atoms with Crippen molar-refractivity contribution in [3.63, 3.8) is 0 Å². The van der Waals surface area contributed by atoms with E-state index in [2.05, 4.69) is 10.2 Å². The maximum Gasteiger partial charge on any atom is 0.289 e. The van der Waals surface area contributed by atoms with E-state index in [0.717, 1.165) is 25.1 Å². The number of likely N-dealkylation sites (tertiary alicyclic amines) is 1. The lowest BCUT2D eigenvalue weighted by Gasteiger charge is -2.31. The van der Waals surface area contributed by atoms with Crippen molar-refractivity contribution in [1.29, 1.82) is 0 Å². The zero-order valence-corrected chi connectivity index (χ0v) is 15.1.